The average Bonchev–Trinajstić information content (AvgIpc) is 2.72. The Morgan fingerprint density at radius 3 is 2.68 bits per heavy atom. The van der Waals surface area contributed by atoms with Crippen molar-refractivity contribution in [2.45, 2.75) is 33.2 Å². The first-order valence-electron chi connectivity index (χ1n) is 6.36. The van der Waals surface area contributed by atoms with Crippen LogP contribution in [0.5, 0.6) is 0 Å². The van der Waals surface area contributed by atoms with Gasteiger partial charge >= 0.3 is 0 Å². The molecule has 1 aliphatic heterocycles. The summed E-state index contributed by atoms with van der Waals surface area (Å²) < 4.78 is 36.9. The molecule has 0 amide bonds. The van der Waals surface area contributed by atoms with Crippen LogP contribution in [0.2, 0.25) is 0 Å². The zero-order valence-electron chi connectivity index (χ0n) is 11.3. The molecule has 2 heterocycles. The van der Waals surface area contributed by atoms with E-state index in [1.165, 1.54) is 0 Å². The van der Waals surface area contributed by atoms with E-state index in [0.717, 1.165) is 18.5 Å². The Bertz CT molecular complexity index is 518. The third-order valence-corrected chi connectivity index (χ3v) is 5.04. The van der Waals surface area contributed by atoms with Gasteiger partial charge in [0.2, 0.25) is 10.0 Å². The fraction of sp³-hybridized carbons (Fsp3) is 0.750. The number of hydrogen-bond donors (Lipinski definition) is 1. The Hall–Kier alpha value is -0.920. The minimum absolute atomic E-state index is 0.122. The lowest BCUT2D eigenvalue weighted by atomic mass is 9.85. The van der Waals surface area contributed by atoms with Crippen LogP contribution in [0.3, 0.4) is 0 Å². The second-order valence-electron chi connectivity index (χ2n) is 5.44. The molecule has 0 saturated carbocycles. The fourth-order valence-electron chi connectivity index (χ4n) is 2.20. The van der Waals surface area contributed by atoms with Gasteiger partial charge in [-0.1, -0.05) is 12.1 Å². The van der Waals surface area contributed by atoms with Crippen LogP contribution in [0.15, 0.2) is 10.6 Å². The SMILES string of the molecule is Cc1cc(CNS(=O)(=O)CC2(C)CCOCC2)on1. The summed E-state index contributed by atoms with van der Waals surface area (Å²) in [6, 6.07) is 1.72. The van der Waals surface area contributed by atoms with E-state index in [2.05, 4.69) is 9.88 Å². The van der Waals surface area contributed by atoms with Gasteiger partial charge in [0.1, 0.15) is 0 Å². The van der Waals surface area contributed by atoms with Gasteiger partial charge in [-0.15, -0.1) is 0 Å². The van der Waals surface area contributed by atoms with Gasteiger partial charge in [0.05, 0.1) is 18.0 Å². The highest BCUT2D eigenvalue weighted by Gasteiger charge is 2.32. The van der Waals surface area contributed by atoms with Gasteiger partial charge in [-0.2, -0.15) is 0 Å². The van der Waals surface area contributed by atoms with E-state index in [1.807, 2.05) is 6.92 Å². The minimum atomic E-state index is -3.32. The predicted molar refractivity (Wildman–Crippen MR) is 70.0 cm³/mol. The van der Waals surface area contributed by atoms with Crippen LogP contribution >= 0.6 is 0 Å². The highest BCUT2D eigenvalue weighted by Crippen LogP contribution is 2.31. The van der Waals surface area contributed by atoms with E-state index in [-0.39, 0.29) is 17.7 Å². The summed E-state index contributed by atoms with van der Waals surface area (Å²) in [6.07, 6.45) is 1.55. The van der Waals surface area contributed by atoms with Gasteiger partial charge in [-0.05, 0) is 25.2 Å². The number of ether oxygens (including phenoxy) is 1. The number of nitrogens with one attached hydrogen (secondary N) is 1. The van der Waals surface area contributed by atoms with Crippen LogP contribution in [0.1, 0.15) is 31.2 Å². The average molecular weight is 288 g/mol. The molecule has 1 fully saturated rings. The Balaban J connectivity index is 1.91. The zero-order chi connectivity index (χ0) is 13.9. The molecule has 1 aromatic heterocycles. The maximum absolute atomic E-state index is 12.1. The number of aromatic nitrogens is 1. The molecule has 1 aromatic rings. The summed E-state index contributed by atoms with van der Waals surface area (Å²) >= 11 is 0. The van der Waals surface area contributed by atoms with Crippen LogP contribution in [0.4, 0.5) is 0 Å². The number of aryl methyl sites for hydroxylation is 1. The molecule has 108 valence electrons. The summed E-state index contributed by atoms with van der Waals surface area (Å²) in [6.45, 7) is 5.20. The van der Waals surface area contributed by atoms with Crippen LogP contribution in [-0.2, 0) is 21.3 Å². The number of sulfonamides is 1. The first kappa shape index (κ1) is 14.5. The molecule has 1 N–H and O–H groups in total. The molecule has 0 atom stereocenters. The van der Waals surface area contributed by atoms with E-state index in [4.69, 9.17) is 9.26 Å². The van der Waals surface area contributed by atoms with Crippen molar-refractivity contribution in [3.63, 3.8) is 0 Å². The molecular weight excluding hydrogens is 268 g/mol. The lowest BCUT2D eigenvalue weighted by molar-refractivity contribution is 0.0340. The van der Waals surface area contributed by atoms with Crippen molar-refractivity contribution < 1.29 is 17.7 Å². The lowest BCUT2D eigenvalue weighted by Gasteiger charge is -2.32. The smallest absolute Gasteiger partial charge is 0.212 e. The molecule has 0 aromatic carbocycles. The summed E-state index contributed by atoms with van der Waals surface area (Å²) in [4.78, 5) is 0. The first-order chi connectivity index (χ1) is 8.89. The maximum atomic E-state index is 12.1. The Kier molecular flexibility index (Phi) is 4.27. The summed E-state index contributed by atoms with van der Waals surface area (Å²) in [5, 5.41) is 3.72. The van der Waals surface area contributed by atoms with Gasteiger partial charge in [-0.25, -0.2) is 13.1 Å². The van der Waals surface area contributed by atoms with Crippen LogP contribution in [-0.4, -0.2) is 32.5 Å². The summed E-state index contributed by atoms with van der Waals surface area (Å²) in [7, 11) is -3.32. The van der Waals surface area contributed by atoms with Crippen LogP contribution in [0.25, 0.3) is 0 Å². The van der Waals surface area contributed by atoms with Crippen molar-refractivity contribution in [2.75, 3.05) is 19.0 Å². The van der Waals surface area contributed by atoms with Gasteiger partial charge < -0.3 is 9.26 Å². The number of rotatable bonds is 5. The van der Waals surface area contributed by atoms with Crippen LogP contribution < -0.4 is 4.72 Å². The molecular formula is C12H20N2O4S. The quantitative estimate of drug-likeness (QED) is 0.881. The monoisotopic (exact) mass is 288 g/mol. The molecule has 1 aliphatic rings. The standard InChI is InChI=1S/C12H20N2O4S/c1-10-7-11(18-14-10)8-13-19(15,16)9-12(2)3-5-17-6-4-12/h7,13H,3-6,8-9H2,1-2H3. The summed E-state index contributed by atoms with van der Waals surface area (Å²) in [5.74, 6) is 0.648. The van der Waals surface area contributed by atoms with E-state index in [1.54, 1.807) is 13.0 Å². The van der Waals surface area contributed by atoms with Crippen molar-refractivity contribution in [2.24, 2.45) is 5.41 Å². The normalized spacial score (nSPS) is 19.5. The molecule has 6 nitrogen and oxygen atoms in total. The number of hydrogen-bond acceptors (Lipinski definition) is 5. The third kappa shape index (κ3) is 4.29. The fourth-order valence-corrected chi connectivity index (χ4v) is 3.87. The molecule has 1 saturated heterocycles. The van der Waals surface area contributed by atoms with Crippen molar-refractivity contribution in [1.82, 2.24) is 9.88 Å². The molecule has 0 radical (unpaired) electrons. The zero-order valence-corrected chi connectivity index (χ0v) is 12.1. The van der Waals surface area contributed by atoms with Gasteiger partial charge in [0.25, 0.3) is 0 Å². The third-order valence-electron chi connectivity index (χ3n) is 3.38. The van der Waals surface area contributed by atoms with Gasteiger partial charge in [-0.3, -0.25) is 0 Å². The van der Waals surface area contributed by atoms with E-state index in [9.17, 15) is 8.42 Å². The summed E-state index contributed by atoms with van der Waals surface area (Å²) in [5.41, 5.74) is 0.534. The predicted octanol–water partition coefficient (Wildman–Crippen LogP) is 1.22. The molecule has 2 rings (SSSR count). The van der Waals surface area contributed by atoms with Crippen molar-refractivity contribution in [1.29, 1.82) is 0 Å². The Morgan fingerprint density at radius 2 is 2.11 bits per heavy atom. The molecule has 0 aliphatic carbocycles. The Morgan fingerprint density at radius 1 is 1.42 bits per heavy atom. The highest BCUT2D eigenvalue weighted by molar-refractivity contribution is 7.89. The molecule has 0 spiro atoms. The van der Waals surface area contributed by atoms with Gasteiger partial charge in [0, 0.05) is 19.3 Å². The second kappa shape index (κ2) is 5.60. The van der Waals surface area contributed by atoms with Crippen molar-refractivity contribution in [3.8, 4) is 0 Å². The minimum Gasteiger partial charge on any atom is -0.381 e. The van der Waals surface area contributed by atoms with Crippen molar-refractivity contribution >= 4 is 10.0 Å². The molecule has 0 unspecified atom stereocenters. The topological polar surface area (TPSA) is 81.4 Å². The van der Waals surface area contributed by atoms with E-state index in [0.29, 0.717) is 19.0 Å². The molecule has 0 bridgehead atoms. The molecule has 19 heavy (non-hydrogen) atoms. The Labute approximate surface area is 113 Å². The van der Waals surface area contributed by atoms with E-state index >= 15 is 0 Å². The maximum Gasteiger partial charge on any atom is 0.212 e. The largest absolute Gasteiger partial charge is 0.381 e. The second-order valence-corrected chi connectivity index (χ2v) is 7.24. The van der Waals surface area contributed by atoms with Gasteiger partial charge in [0.15, 0.2) is 5.76 Å². The molecule has 7 heteroatoms. The van der Waals surface area contributed by atoms with Crippen molar-refractivity contribution in [3.05, 3.63) is 17.5 Å². The highest BCUT2D eigenvalue weighted by atomic mass is 32.2. The van der Waals surface area contributed by atoms with E-state index < -0.39 is 10.0 Å². The lowest BCUT2D eigenvalue weighted by Crippen LogP contribution is -2.38. The first-order valence-corrected chi connectivity index (χ1v) is 8.01. The van der Waals surface area contributed by atoms with Crippen LogP contribution in [0, 0.1) is 12.3 Å². The number of nitrogens with zero attached hydrogens (tertiary/aromatic N) is 1.